The normalized spacial score (nSPS) is 12.9. The summed E-state index contributed by atoms with van der Waals surface area (Å²) < 4.78 is 23.1. The fourth-order valence-electron chi connectivity index (χ4n) is 11.7. The third-order valence-electron chi connectivity index (χ3n) is 17.7. The number of esters is 2. The van der Waals surface area contributed by atoms with E-state index in [0.29, 0.717) is 17.4 Å². The minimum atomic E-state index is -1.51. The van der Waals surface area contributed by atoms with Crippen molar-refractivity contribution in [1.82, 2.24) is 0 Å². The summed E-state index contributed by atoms with van der Waals surface area (Å²) in [6, 6.07) is 0. The van der Waals surface area contributed by atoms with Crippen molar-refractivity contribution in [2.45, 2.75) is 399 Å². The Kier molecular flexibility index (Phi) is 70.4. The van der Waals surface area contributed by atoms with Crippen LogP contribution in [0.3, 0.4) is 0 Å². The molecule has 91 heavy (non-hydrogen) atoms. The van der Waals surface area contributed by atoms with Gasteiger partial charge in [-0.05, 0) is 83.5 Å². The van der Waals surface area contributed by atoms with E-state index in [4.69, 9.17) is 18.9 Å². The van der Waals surface area contributed by atoms with Crippen LogP contribution in [0.15, 0.2) is 60.8 Å². The number of aliphatic carboxylic acids is 1. The van der Waals surface area contributed by atoms with Crippen molar-refractivity contribution in [3.63, 3.8) is 0 Å². The van der Waals surface area contributed by atoms with Gasteiger partial charge in [-0.25, -0.2) is 4.79 Å². The average Bonchev–Trinajstić information content (AvgIpc) is 3.65. The third-order valence-corrected chi connectivity index (χ3v) is 17.7. The molecule has 0 aromatic heterocycles. The number of carboxylic acids is 1. The van der Waals surface area contributed by atoms with Crippen LogP contribution >= 0.6 is 0 Å². The highest BCUT2D eigenvalue weighted by Gasteiger charge is 2.25. The molecule has 0 saturated heterocycles. The Bertz CT molecular complexity index is 1680. The molecule has 0 heterocycles. The zero-order chi connectivity index (χ0) is 66.1. The topological polar surface area (TPSA) is 108 Å². The second-order valence-corrected chi connectivity index (χ2v) is 28.0. The van der Waals surface area contributed by atoms with Crippen molar-refractivity contribution in [2.75, 3.05) is 47.5 Å². The van der Waals surface area contributed by atoms with Crippen LogP contribution in [-0.4, -0.2) is 87.4 Å². The number of likely N-dealkylation sites (N-methyl/N-ethyl adjacent to an activating group) is 1. The van der Waals surface area contributed by atoms with Crippen LogP contribution in [0, 0.1) is 0 Å². The summed E-state index contributed by atoms with van der Waals surface area (Å²) in [7, 11) is 5.99. The summed E-state index contributed by atoms with van der Waals surface area (Å²) in [6.07, 6.45) is 93.7. The number of carbonyl (C=O) groups excluding carboxylic acids is 2. The highest BCUT2D eigenvalue weighted by molar-refractivity contribution is 5.71. The highest BCUT2D eigenvalue weighted by Crippen LogP contribution is 2.19. The van der Waals surface area contributed by atoms with Gasteiger partial charge in [-0.2, -0.15) is 0 Å². The molecule has 0 rings (SSSR count). The number of unbranched alkanes of at least 4 members (excludes halogenated alkanes) is 49. The minimum absolute atomic E-state index is 0.178. The van der Waals surface area contributed by atoms with Gasteiger partial charge >= 0.3 is 17.9 Å². The van der Waals surface area contributed by atoms with E-state index >= 15 is 0 Å². The number of ether oxygens (including phenoxy) is 4. The summed E-state index contributed by atoms with van der Waals surface area (Å²) >= 11 is 0. The molecule has 0 bridgehead atoms. The molecule has 0 spiro atoms. The Morgan fingerprint density at radius 1 is 0.330 bits per heavy atom. The molecule has 0 fully saturated rings. The Morgan fingerprint density at radius 2 is 0.593 bits per heavy atom. The van der Waals surface area contributed by atoms with Gasteiger partial charge in [0.1, 0.15) is 13.2 Å². The van der Waals surface area contributed by atoms with Crippen molar-refractivity contribution in [2.24, 2.45) is 0 Å². The number of allylic oxidation sites excluding steroid dienone is 10. The summed E-state index contributed by atoms with van der Waals surface area (Å²) in [6.45, 7) is 4.92. The van der Waals surface area contributed by atoms with E-state index < -0.39 is 18.4 Å². The first-order valence-corrected chi connectivity index (χ1v) is 39.5. The van der Waals surface area contributed by atoms with E-state index in [-0.39, 0.29) is 38.2 Å². The lowest BCUT2D eigenvalue weighted by molar-refractivity contribution is -0.870. The summed E-state index contributed by atoms with van der Waals surface area (Å²) in [5.74, 6) is -1.98. The van der Waals surface area contributed by atoms with E-state index in [2.05, 4.69) is 74.6 Å². The Balaban J connectivity index is 4.00. The molecular formula is C82H152NO8+. The number of quaternary nitrogens is 1. The van der Waals surface area contributed by atoms with Gasteiger partial charge in [-0.3, -0.25) is 9.59 Å². The van der Waals surface area contributed by atoms with Gasteiger partial charge in [0.2, 0.25) is 0 Å². The van der Waals surface area contributed by atoms with Gasteiger partial charge in [-0.15, -0.1) is 0 Å². The van der Waals surface area contributed by atoms with Crippen LogP contribution in [0.5, 0.6) is 0 Å². The van der Waals surface area contributed by atoms with Crippen LogP contribution < -0.4 is 0 Å². The number of carboxylic acid groups (broad SMARTS) is 1. The average molecular weight is 1280 g/mol. The van der Waals surface area contributed by atoms with Crippen molar-refractivity contribution in [3.05, 3.63) is 60.8 Å². The fourth-order valence-corrected chi connectivity index (χ4v) is 11.7. The number of hydrogen-bond acceptors (Lipinski definition) is 7. The molecular weight excluding hydrogens is 1130 g/mol. The van der Waals surface area contributed by atoms with E-state index in [1.807, 2.05) is 21.1 Å². The molecule has 532 valence electrons. The van der Waals surface area contributed by atoms with E-state index in [1.165, 1.54) is 302 Å². The van der Waals surface area contributed by atoms with E-state index in [1.54, 1.807) is 0 Å². The first-order valence-electron chi connectivity index (χ1n) is 39.5. The lowest BCUT2D eigenvalue weighted by atomic mass is 10.0. The Labute approximate surface area is 565 Å². The number of hydrogen-bond donors (Lipinski definition) is 1. The molecule has 0 saturated carbocycles. The maximum absolute atomic E-state index is 13.0. The van der Waals surface area contributed by atoms with Gasteiger partial charge in [0.25, 0.3) is 6.29 Å². The van der Waals surface area contributed by atoms with Crippen LogP contribution in [0.1, 0.15) is 386 Å². The lowest BCUT2D eigenvalue weighted by Gasteiger charge is -2.25. The first-order chi connectivity index (χ1) is 44.6. The second kappa shape index (κ2) is 72.8. The van der Waals surface area contributed by atoms with Crippen molar-refractivity contribution >= 4 is 17.9 Å². The molecule has 0 aliphatic carbocycles. The maximum atomic E-state index is 13.0. The van der Waals surface area contributed by atoms with Crippen molar-refractivity contribution in [1.29, 1.82) is 0 Å². The maximum Gasteiger partial charge on any atom is 0.361 e. The monoisotopic (exact) mass is 1280 g/mol. The Morgan fingerprint density at radius 3 is 0.879 bits per heavy atom. The molecule has 9 heteroatoms. The molecule has 9 nitrogen and oxygen atoms in total. The predicted octanol–water partition coefficient (Wildman–Crippen LogP) is 25.0. The molecule has 0 aromatic rings. The molecule has 0 aliphatic rings. The quantitative estimate of drug-likeness (QED) is 0.0211. The molecule has 0 amide bonds. The molecule has 0 aromatic carbocycles. The summed E-state index contributed by atoms with van der Waals surface area (Å²) in [4.78, 5) is 37.7. The lowest BCUT2D eigenvalue weighted by Crippen LogP contribution is -2.40. The van der Waals surface area contributed by atoms with Gasteiger partial charge in [0.05, 0.1) is 34.4 Å². The SMILES string of the molecule is CCCCCCC/C=C\C/C=C\C/C=C\CCCCCCCCCCCCCCCCCCC(=O)OC(COC(=O)CCCCCCCCCCCCCCCCCCCCCCCCC/C=C\C/C=C\CCCCCCC)COC(OCC[N+](C)(C)C)C(=O)O. The number of carbonyl (C=O) groups is 3. The van der Waals surface area contributed by atoms with Crippen LogP contribution in [0.2, 0.25) is 0 Å². The van der Waals surface area contributed by atoms with Crippen molar-refractivity contribution < 1.29 is 42.9 Å². The van der Waals surface area contributed by atoms with Crippen LogP contribution in [0.25, 0.3) is 0 Å². The molecule has 2 unspecified atom stereocenters. The standard InChI is InChI=1S/C82H151NO8/c1-6-8-10-12-14-16-18-20-22-24-26-28-30-32-34-36-38-39-40-41-43-44-46-48-50-52-54-56-58-60-62-64-66-68-70-72-79(84)89-76-78(77-90-82(81(86)87)88-75-74-83(3,4)5)91-80(85)73-71-69-67-65-63-61-59-57-55-53-51-49-47-45-42-37-35-33-31-29-27-25-23-21-19-17-15-13-11-9-7-2/h18-21,24-27,31,33,78,82H,6-17,22-23,28-30,32,34-77H2,1-5H3/p+1/b20-18-,21-19-,26-24-,27-25-,33-31-. The molecule has 0 radical (unpaired) electrons. The smallest absolute Gasteiger partial charge is 0.361 e. The molecule has 1 N–H and O–H groups in total. The van der Waals surface area contributed by atoms with Gasteiger partial charge in [0.15, 0.2) is 6.10 Å². The largest absolute Gasteiger partial charge is 0.477 e. The zero-order valence-electron chi connectivity index (χ0n) is 61.0. The van der Waals surface area contributed by atoms with Gasteiger partial charge < -0.3 is 28.5 Å². The van der Waals surface area contributed by atoms with E-state index in [0.717, 1.165) is 57.8 Å². The van der Waals surface area contributed by atoms with E-state index in [9.17, 15) is 19.5 Å². The number of nitrogens with zero attached hydrogens (tertiary/aromatic N) is 1. The second-order valence-electron chi connectivity index (χ2n) is 28.0. The minimum Gasteiger partial charge on any atom is -0.477 e. The van der Waals surface area contributed by atoms with Crippen molar-refractivity contribution in [3.8, 4) is 0 Å². The third kappa shape index (κ3) is 74.3. The van der Waals surface area contributed by atoms with Crippen LogP contribution in [-0.2, 0) is 33.3 Å². The summed E-state index contributed by atoms with van der Waals surface area (Å²) in [5, 5.41) is 9.77. The molecule has 2 atom stereocenters. The van der Waals surface area contributed by atoms with Gasteiger partial charge in [-0.1, -0.05) is 351 Å². The first kappa shape index (κ1) is 88.0. The Hall–Kier alpha value is -3.01. The number of rotatable bonds is 74. The highest BCUT2D eigenvalue weighted by atomic mass is 16.7. The summed E-state index contributed by atoms with van der Waals surface area (Å²) in [5.41, 5.74) is 0. The van der Waals surface area contributed by atoms with Gasteiger partial charge in [0, 0.05) is 12.8 Å². The fraction of sp³-hybridized carbons (Fsp3) is 0.841. The predicted molar refractivity (Wildman–Crippen MR) is 392 cm³/mol. The van der Waals surface area contributed by atoms with Crippen LogP contribution in [0.4, 0.5) is 0 Å². The molecule has 0 aliphatic heterocycles. The zero-order valence-corrected chi connectivity index (χ0v) is 61.0.